The van der Waals surface area contributed by atoms with Crippen LogP contribution in [0, 0.1) is 24.0 Å². The second kappa shape index (κ2) is 9.45. The number of aryl methyl sites for hydroxylation is 2. The zero-order chi connectivity index (χ0) is 24.2. The number of nitrogens with zero attached hydrogens (tertiary/aromatic N) is 3. The average Bonchev–Trinajstić information content (AvgIpc) is 2.84. The van der Waals surface area contributed by atoms with Crippen molar-refractivity contribution in [3.63, 3.8) is 0 Å². The number of amides is 1. The molecule has 170 valence electrons. The van der Waals surface area contributed by atoms with E-state index in [1.165, 1.54) is 12.1 Å². The molecular formula is C25H20N4O5. The van der Waals surface area contributed by atoms with E-state index in [4.69, 9.17) is 4.74 Å². The second-order valence-electron chi connectivity index (χ2n) is 7.62. The number of nitro groups is 1. The topological polar surface area (TPSA) is 124 Å². The van der Waals surface area contributed by atoms with Gasteiger partial charge in [-0.25, -0.2) is 9.78 Å². The van der Waals surface area contributed by atoms with Crippen LogP contribution >= 0.6 is 0 Å². The molecule has 2 aromatic heterocycles. The van der Waals surface area contributed by atoms with Gasteiger partial charge in [-0.2, -0.15) is 0 Å². The highest BCUT2D eigenvalue weighted by molar-refractivity contribution is 6.05. The summed E-state index contributed by atoms with van der Waals surface area (Å²) in [6.45, 7) is 2.91. The molecule has 1 N–H and O–H groups in total. The molecule has 0 radical (unpaired) electrons. The third-order valence-corrected chi connectivity index (χ3v) is 5.28. The molecule has 0 spiro atoms. The molecule has 0 aliphatic heterocycles. The van der Waals surface area contributed by atoms with Gasteiger partial charge in [0.15, 0.2) is 6.61 Å². The Labute approximate surface area is 194 Å². The summed E-state index contributed by atoms with van der Waals surface area (Å²) in [6.07, 6.45) is 1.63. The third kappa shape index (κ3) is 4.73. The number of esters is 1. The highest BCUT2D eigenvalue weighted by atomic mass is 16.6. The lowest BCUT2D eigenvalue weighted by molar-refractivity contribution is -0.384. The third-order valence-electron chi connectivity index (χ3n) is 5.28. The number of hydrogen-bond acceptors (Lipinski definition) is 7. The highest BCUT2D eigenvalue weighted by Gasteiger charge is 2.20. The van der Waals surface area contributed by atoms with Crippen LogP contribution in [0.2, 0.25) is 0 Å². The second-order valence-corrected chi connectivity index (χ2v) is 7.62. The van der Waals surface area contributed by atoms with Gasteiger partial charge in [0.1, 0.15) is 5.69 Å². The first-order valence-corrected chi connectivity index (χ1v) is 10.4. The van der Waals surface area contributed by atoms with Crippen molar-refractivity contribution < 1.29 is 19.2 Å². The van der Waals surface area contributed by atoms with E-state index in [1.54, 1.807) is 62.5 Å². The summed E-state index contributed by atoms with van der Waals surface area (Å²) in [5.74, 6) is -1.41. The normalized spacial score (nSPS) is 10.6. The summed E-state index contributed by atoms with van der Waals surface area (Å²) in [7, 11) is 0. The van der Waals surface area contributed by atoms with Crippen LogP contribution in [0.3, 0.4) is 0 Å². The van der Waals surface area contributed by atoms with Crippen molar-refractivity contribution in [2.24, 2.45) is 0 Å². The van der Waals surface area contributed by atoms with Crippen molar-refractivity contribution in [1.29, 1.82) is 0 Å². The van der Waals surface area contributed by atoms with E-state index < -0.39 is 23.4 Å². The fourth-order valence-corrected chi connectivity index (χ4v) is 3.44. The van der Waals surface area contributed by atoms with Crippen LogP contribution < -0.4 is 5.32 Å². The van der Waals surface area contributed by atoms with Gasteiger partial charge in [0.25, 0.3) is 11.6 Å². The van der Waals surface area contributed by atoms with Crippen LogP contribution in [0.25, 0.3) is 22.3 Å². The number of carbonyl (C=O) groups excluding carboxylic acids is 2. The van der Waals surface area contributed by atoms with Crippen LogP contribution in [-0.2, 0) is 9.53 Å². The largest absolute Gasteiger partial charge is 0.452 e. The molecule has 0 aliphatic carbocycles. The van der Waals surface area contributed by atoms with Gasteiger partial charge in [-0.05, 0) is 55.3 Å². The van der Waals surface area contributed by atoms with Crippen LogP contribution in [0.15, 0.2) is 66.9 Å². The molecule has 0 aliphatic rings. The number of rotatable bonds is 6. The van der Waals surface area contributed by atoms with Gasteiger partial charge < -0.3 is 10.1 Å². The predicted octanol–water partition coefficient (Wildman–Crippen LogP) is 4.62. The minimum atomic E-state index is -0.722. The van der Waals surface area contributed by atoms with Gasteiger partial charge in [-0.3, -0.25) is 19.9 Å². The maximum Gasteiger partial charge on any atom is 0.339 e. The molecule has 2 aromatic carbocycles. The Balaban J connectivity index is 1.56. The predicted molar refractivity (Wildman–Crippen MR) is 126 cm³/mol. The lowest BCUT2D eigenvalue weighted by Gasteiger charge is -2.11. The highest BCUT2D eigenvalue weighted by Crippen LogP contribution is 2.28. The average molecular weight is 456 g/mol. The number of carbonyl (C=O) groups is 2. The fourth-order valence-electron chi connectivity index (χ4n) is 3.44. The minimum absolute atomic E-state index is 0.0425. The first-order chi connectivity index (χ1) is 16.3. The molecule has 0 bridgehead atoms. The molecule has 4 rings (SSSR count). The lowest BCUT2D eigenvalue weighted by atomic mass is 10.1. The standard InChI is InChI=1S/C25H20N4O5/c1-15-11-22(23(29(32)33)12-16(15)2)28-24(30)14-34-25(31)18-13-21(20-9-5-6-10-26-20)27-19-8-4-3-7-17(18)19/h3-13H,14H2,1-2H3,(H,28,30). The summed E-state index contributed by atoms with van der Waals surface area (Å²) >= 11 is 0. The first kappa shape index (κ1) is 22.5. The summed E-state index contributed by atoms with van der Waals surface area (Å²) in [6, 6.07) is 16.9. The van der Waals surface area contributed by atoms with Crippen molar-refractivity contribution in [3.8, 4) is 11.4 Å². The van der Waals surface area contributed by atoms with E-state index in [0.717, 1.165) is 11.1 Å². The molecule has 9 nitrogen and oxygen atoms in total. The summed E-state index contributed by atoms with van der Waals surface area (Å²) in [5.41, 5.74) is 3.20. The number of para-hydroxylation sites is 1. The van der Waals surface area contributed by atoms with Crippen molar-refractivity contribution >= 4 is 34.2 Å². The van der Waals surface area contributed by atoms with Crippen molar-refractivity contribution in [2.45, 2.75) is 13.8 Å². The number of nitro benzene ring substituents is 1. The SMILES string of the molecule is Cc1cc(NC(=O)COC(=O)c2cc(-c3ccccn3)nc3ccccc23)c([N+](=O)[O-])cc1C. The Hall–Kier alpha value is -4.66. The van der Waals surface area contributed by atoms with E-state index in [2.05, 4.69) is 15.3 Å². The molecule has 0 unspecified atom stereocenters. The number of pyridine rings is 2. The van der Waals surface area contributed by atoms with Crippen LogP contribution in [0.4, 0.5) is 11.4 Å². The van der Waals surface area contributed by atoms with Crippen LogP contribution in [0.1, 0.15) is 21.5 Å². The number of hydrogen-bond donors (Lipinski definition) is 1. The number of anilines is 1. The van der Waals surface area contributed by atoms with Gasteiger partial charge in [-0.1, -0.05) is 24.3 Å². The van der Waals surface area contributed by atoms with Gasteiger partial charge in [0.05, 0.1) is 27.4 Å². The molecule has 0 fully saturated rings. The number of aromatic nitrogens is 2. The molecule has 1 amide bonds. The van der Waals surface area contributed by atoms with E-state index in [9.17, 15) is 19.7 Å². The Bertz CT molecular complexity index is 1420. The summed E-state index contributed by atoms with van der Waals surface area (Å²) < 4.78 is 5.25. The van der Waals surface area contributed by atoms with E-state index in [-0.39, 0.29) is 16.9 Å². The van der Waals surface area contributed by atoms with E-state index in [0.29, 0.717) is 22.3 Å². The first-order valence-electron chi connectivity index (χ1n) is 10.4. The molecular weight excluding hydrogens is 436 g/mol. The number of fused-ring (bicyclic) bond motifs is 1. The maximum atomic E-state index is 12.9. The smallest absolute Gasteiger partial charge is 0.339 e. The Morgan fingerprint density at radius 2 is 1.74 bits per heavy atom. The molecule has 34 heavy (non-hydrogen) atoms. The number of nitrogens with one attached hydrogen (secondary N) is 1. The fraction of sp³-hybridized carbons (Fsp3) is 0.120. The summed E-state index contributed by atoms with van der Waals surface area (Å²) in [4.78, 5) is 45.0. The molecule has 0 saturated heterocycles. The zero-order valence-corrected chi connectivity index (χ0v) is 18.4. The lowest BCUT2D eigenvalue weighted by Crippen LogP contribution is -2.21. The molecule has 0 saturated carbocycles. The van der Waals surface area contributed by atoms with Crippen LogP contribution in [-0.4, -0.2) is 33.4 Å². The van der Waals surface area contributed by atoms with E-state index >= 15 is 0 Å². The molecule has 0 atom stereocenters. The van der Waals surface area contributed by atoms with Crippen molar-refractivity contribution in [3.05, 3.63) is 93.7 Å². The molecule has 2 heterocycles. The molecule has 9 heteroatoms. The maximum absolute atomic E-state index is 12.9. The monoisotopic (exact) mass is 456 g/mol. The van der Waals surface area contributed by atoms with Crippen molar-refractivity contribution in [1.82, 2.24) is 9.97 Å². The van der Waals surface area contributed by atoms with E-state index in [1.807, 2.05) is 6.07 Å². The van der Waals surface area contributed by atoms with Gasteiger partial charge in [0, 0.05) is 17.6 Å². The number of benzene rings is 2. The number of ether oxygens (including phenoxy) is 1. The van der Waals surface area contributed by atoms with Crippen molar-refractivity contribution in [2.75, 3.05) is 11.9 Å². The van der Waals surface area contributed by atoms with Gasteiger partial charge in [0.2, 0.25) is 0 Å². The quantitative estimate of drug-likeness (QED) is 0.255. The van der Waals surface area contributed by atoms with Crippen LogP contribution in [0.5, 0.6) is 0 Å². The molecule has 4 aromatic rings. The Kier molecular flexibility index (Phi) is 6.26. The van der Waals surface area contributed by atoms with Gasteiger partial charge >= 0.3 is 5.97 Å². The Morgan fingerprint density at radius 1 is 1.00 bits per heavy atom. The Morgan fingerprint density at radius 3 is 2.47 bits per heavy atom. The van der Waals surface area contributed by atoms with Gasteiger partial charge in [-0.15, -0.1) is 0 Å². The minimum Gasteiger partial charge on any atom is -0.452 e. The summed E-state index contributed by atoms with van der Waals surface area (Å²) in [5, 5.41) is 14.4. The zero-order valence-electron chi connectivity index (χ0n) is 18.4.